The average molecular weight is 392 g/mol. The molecule has 156 valence electrons. The third-order valence-electron chi connectivity index (χ3n) is 9.66. The minimum atomic E-state index is -1.04. The Kier molecular flexibility index (Phi) is 3.93. The summed E-state index contributed by atoms with van der Waals surface area (Å²) in [6.45, 7) is 2.23. The molecule has 0 aromatic rings. The largest absolute Gasteiger partial charge is 0.469 e. The molecule has 0 amide bonds. The summed E-state index contributed by atoms with van der Waals surface area (Å²) >= 11 is 0. The van der Waals surface area contributed by atoms with E-state index in [1.165, 1.54) is 7.11 Å². The van der Waals surface area contributed by atoms with E-state index in [0.717, 1.165) is 32.1 Å². The van der Waals surface area contributed by atoms with Gasteiger partial charge in [0, 0.05) is 25.9 Å². The standard InChI is InChI=1S/C22H32O6/c1-19-8-7-16-21-9-6-13(23)12-20(21,25)10-11-22(16,28-18(21)27-3)15(19)5-4-14(19)17(24)26-2/h14-16,18,25H,4-12H2,1-3H3/t14-,15-,16-,18+,19-,20-,21-,22-/m1/s1. The van der Waals surface area contributed by atoms with Crippen LogP contribution in [0.25, 0.3) is 0 Å². The topological polar surface area (TPSA) is 82.1 Å². The predicted molar refractivity (Wildman–Crippen MR) is 99.1 cm³/mol. The van der Waals surface area contributed by atoms with Crippen LogP contribution >= 0.6 is 0 Å². The van der Waals surface area contributed by atoms with Crippen molar-refractivity contribution in [3.05, 3.63) is 0 Å². The lowest BCUT2D eigenvalue weighted by atomic mass is 9.42. The van der Waals surface area contributed by atoms with Gasteiger partial charge in [-0.3, -0.25) is 9.59 Å². The zero-order valence-electron chi connectivity index (χ0n) is 17.2. The molecule has 5 rings (SSSR count). The third kappa shape index (κ3) is 1.95. The summed E-state index contributed by atoms with van der Waals surface area (Å²) in [7, 11) is 3.13. The highest BCUT2D eigenvalue weighted by Crippen LogP contribution is 2.75. The van der Waals surface area contributed by atoms with Gasteiger partial charge in [-0.15, -0.1) is 0 Å². The number of carbonyl (C=O) groups excluding carboxylic acids is 2. The van der Waals surface area contributed by atoms with E-state index < -0.39 is 17.3 Å². The van der Waals surface area contributed by atoms with Crippen molar-refractivity contribution in [1.82, 2.24) is 0 Å². The Labute approximate surface area is 166 Å². The molecule has 4 aliphatic carbocycles. The first-order valence-corrected chi connectivity index (χ1v) is 10.8. The number of Topliss-reactive ketones (excluding diaryl/α,β-unsaturated/α-hetero) is 1. The van der Waals surface area contributed by atoms with E-state index >= 15 is 0 Å². The van der Waals surface area contributed by atoms with E-state index in [-0.39, 0.29) is 46.9 Å². The minimum absolute atomic E-state index is 0.0901. The van der Waals surface area contributed by atoms with Crippen LogP contribution in [-0.2, 0) is 23.8 Å². The monoisotopic (exact) mass is 392 g/mol. The van der Waals surface area contributed by atoms with Crippen LogP contribution in [0, 0.1) is 28.6 Å². The van der Waals surface area contributed by atoms with Gasteiger partial charge in [0.1, 0.15) is 5.78 Å². The van der Waals surface area contributed by atoms with Crippen LogP contribution < -0.4 is 0 Å². The molecule has 4 saturated carbocycles. The van der Waals surface area contributed by atoms with Crippen molar-refractivity contribution in [2.75, 3.05) is 14.2 Å². The molecule has 0 aromatic heterocycles. The highest BCUT2D eigenvalue weighted by molar-refractivity contribution is 5.81. The number of ether oxygens (including phenoxy) is 3. The molecular weight excluding hydrogens is 360 g/mol. The molecular formula is C22H32O6. The smallest absolute Gasteiger partial charge is 0.309 e. The van der Waals surface area contributed by atoms with Crippen molar-refractivity contribution in [3.8, 4) is 0 Å². The lowest BCUT2D eigenvalue weighted by Crippen LogP contribution is -2.67. The second-order valence-corrected chi connectivity index (χ2v) is 10.2. The van der Waals surface area contributed by atoms with Crippen molar-refractivity contribution in [2.45, 2.75) is 82.2 Å². The number of rotatable bonds is 2. The highest BCUT2D eigenvalue weighted by Gasteiger charge is 2.79. The summed E-state index contributed by atoms with van der Waals surface area (Å²) in [6.07, 6.45) is 5.76. The molecule has 6 nitrogen and oxygen atoms in total. The van der Waals surface area contributed by atoms with Crippen LogP contribution in [0.15, 0.2) is 0 Å². The Bertz CT molecular complexity index is 722. The summed E-state index contributed by atoms with van der Waals surface area (Å²) in [5.41, 5.74) is -2.07. The van der Waals surface area contributed by atoms with Crippen molar-refractivity contribution in [1.29, 1.82) is 0 Å². The van der Waals surface area contributed by atoms with Crippen LogP contribution in [0.2, 0.25) is 0 Å². The summed E-state index contributed by atoms with van der Waals surface area (Å²) in [5, 5.41) is 11.7. The molecule has 2 bridgehead atoms. The minimum Gasteiger partial charge on any atom is -0.469 e. The first-order chi connectivity index (χ1) is 13.3. The maximum atomic E-state index is 12.5. The van der Waals surface area contributed by atoms with Gasteiger partial charge in [0.05, 0.1) is 29.6 Å². The number of carbonyl (C=O) groups is 2. The summed E-state index contributed by atoms with van der Waals surface area (Å²) < 4.78 is 17.8. The van der Waals surface area contributed by atoms with Crippen molar-refractivity contribution < 1.29 is 28.9 Å². The van der Waals surface area contributed by atoms with Crippen LogP contribution in [-0.4, -0.2) is 48.6 Å². The van der Waals surface area contributed by atoms with Gasteiger partial charge < -0.3 is 19.3 Å². The van der Waals surface area contributed by atoms with E-state index in [9.17, 15) is 14.7 Å². The highest BCUT2D eigenvalue weighted by atomic mass is 16.7. The van der Waals surface area contributed by atoms with Gasteiger partial charge >= 0.3 is 5.97 Å². The van der Waals surface area contributed by atoms with Crippen molar-refractivity contribution in [3.63, 3.8) is 0 Å². The average Bonchev–Trinajstić information content (AvgIpc) is 3.13. The molecule has 5 aliphatic rings. The van der Waals surface area contributed by atoms with Crippen LogP contribution in [0.5, 0.6) is 0 Å². The SMILES string of the molecule is COC(=O)[C@H]1CC[C@@H]2[C@]1(C)CC[C@H]1[C@@]23CC[C@@]2(O)CC(=O)CC[C@]12[C@@H](OC)O3. The Balaban J connectivity index is 1.60. The zero-order chi connectivity index (χ0) is 19.9. The maximum absolute atomic E-state index is 12.5. The summed E-state index contributed by atoms with van der Waals surface area (Å²) in [6, 6.07) is 0. The lowest BCUT2D eigenvalue weighted by molar-refractivity contribution is -0.225. The molecule has 28 heavy (non-hydrogen) atoms. The van der Waals surface area contributed by atoms with E-state index in [4.69, 9.17) is 14.2 Å². The number of aliphatic hydroxyl groups is 1. The van der Waals surface area contributed by atoms with Gasteiger partial charge in [-0.2, -0.15) is 0 Å². The second kappa shape index (κ2) is 5.79. The molecule has 1 saturated heterocycles. The lowest BCUT2D eigenvalue weighted by Gasteiger charge is -2.62. The first-order valence-electron chi connectivity index (χ1n) is 10.8. The fraction of sp³-hybridized carbons (Fsp3) is 0.909. The number of esters is 1. The Morgan fingerprint density at radius 1 is 1.11 bits per heavy atom. The number of hydrogen-bond acceptors (Lipinski definition) is 6. The molecule has 0 radical (unpaired) electrons. The van der Waals surface area contributed by atoms with Gasteiger partial charge in [0.15, 0.2) is 6.29 Å². The number of methoxy groups -OCH3 is 2. The number of hydrogen-bond donors (Lipinski definition) is 1. The quantitative estimate of drug-likeness (QED) is 0.728. The predicted octanol–water partition coefficient (Wildman–Crippen LogP) is 2.61. The zero-order valence-corrected chi connectivity index (χ0v) is 17.2. The number of ketones is 1. The maximum Gasteiger partial charge on any atom is 0.309 e. The Morgan fingerprint density at radius 3 is 2.61 bits per heavy atom. The van der Waals surface area contributed by atoms with Gasteiger partial charge in [-0.05, 0) is 56.3 Å². The van der Waals surface area contributed by atoms with E-state index in [1.807, 2.05) is 0 Å². The Hall–Kier alpha value is -0.980. The van der Waals surface area contributed by atoms with Gasteiger partial charge in [-0.1, -0.05) is 6.92 Å². The second-order valence-electron chi connectivity index (χ2n) is 10.2. The van der Waals surface area contributed by atoms with Gasteiger partial charge in [0.2, 0.25) is 0 Å². The van der Waals surface area contributed by atoms with E-state index in [1.54, 1.807) is 7.11 Å². The van der Waals surface area contributed by atoms with Gasteiger partial charge in [-0.25, -0.2) is 0 Å². The fourth-order valence-electron chi connectivity index (χ4n) is 8.57. The molecule has 0 aromatic carbocycles. The molecule has 1 heterocycles. The van der Waals surface area contributed by atoms with Gasteiger partial charge in [0.25, 0.3) is 0 Å². The molecule has 1 N–H and O–H groups in total. The molecule has 6 heteroatoms. The van der Waals surface area contributed by atoms with Crippen LogP contribution in [0.3, 0.4) is 0 Å². The summed E-state index contributed by atoms with van der Waals surface area (Å²) in [4.78, 5) is 24.7. The molecule has 8 atom stereocenters. The van der Waals surface area contributed by atoms with Crippen molar-refractivity contribution >= 4 is 11.8 Å². The van der Waals surface area contributed by atoms with Crippen LogP contribution in [0.4, 0.5) is 0 Å². The number of fused-ring (bicyclic) bond motifs is 1. The summed E-state index contributed by atoms with van der Waals surface area (Å²) in [5.74, 6) is 0.377. The normalized spacial score (nSPS) is 54.6. The van der Waals surface area contributed by atoms with Crippen LogP contribution in [0.1, 0.15) is 64.7 Å². The van der Waals surface area contributed by atoms with E-state index in [2.05, 4.69) is 6.92 Å². The Morgan fingerprint density at radius 2 is 1.89 bits per heavy atom. The van der Waals surface area contributed by atoms with Crippen molar-refractivity contribution in [2.24, 2.45) is 28.6 Å². The molecule has 1 spiro atoms. The molecule has 1 aliphatic heterocycles. The van der Waals surface area contributed by atoms with E-state index in [0.29, 0.717) is 19.3 Å². The molecule has 5 fully saturated rings. The first kappa shape index (κ1) is 19.0. The molecule has 0 unspecified atom stereocenters. The third-order valence-corrected chi connectivity index (χ3v) is 9.66. The fourth-order valence-corrected chi connectivity index (χ4v) is 8.57.